The van der Waals surface area contributed by atoms with Crippen LogP contribution >= 0.6 is 0 Å². The number of hydrogen-bond donors (Lipinski definition) is 2. The molecule has 3 aromatic heterocycles. The number of nitrogens with one attached hydrogen (secondary N) is 1. The van der Waals surface area contributed by atoms with E-state index in [9.17, 15) is 44.7 Å². The molecule has 8 aromatic rings. The molecule has 0 saturated carbocycles. The van der Waals surface area contributed by atoms with E-state index in [-0.39, 0.29) is 80.5 Å². The molecule has 2 N–H and O–H groups in total. The standard InChI is InChI=1S/C25H25N3O5S.C21H21N3O5S.C17H17N3O4S/c1-5-6-14-28-15-20-21(25(28)29)24(33-16-17-9-11-18(32-3)12-10-17)22-19(8-7-13-26-22)23(20)27(2)34(4,30)31;1-24(30(3,26)27)19-15-5-4-10-22-18(15)20(17-16(19)11-23-21(17)25)29-12-13-6-8-14(28-2)9-7-13;1-4-5-9-20-10-12-13(17(20)22)16(21)14-11(7-6-8-18-14)15(12)19(2)25(3,23)24/h7-13H,14-16H2,1-4H3;4-10H,11-12H2,1-3H3,(H,23,25);6-8,21H,9-10H2,1-3H3. The summed E-state index contributed by atoms with van der Waals surface area (Å²) in [7, 11) is -3.14. The Labute approximate surface area is 515 Å². The van der Waals surface area contributed by atoms with Crippen LogP contribution in [-0.2, 0) is 62.9 Å². The van der Waals surface area contributed by atoms with Gasteiger partial charge in [-0.1, -0.05) is 36.1 Å². The number of ether oxygens (including phenoxy) is 4. The quantitative estimate of drug-likeness (QED) is 0.0924. The van der Waals surface area contributed by atoms with E-state index in [1.807, 2.05) is 48.5 Å². The van der Waals surface area contributed by atoms with E-state index in [1.165, 1.54) is 40.9 Å². The first kappa shape index (κ1) is 63.6. The first-order valence-corrected chi connectivity index (χ1v) is 32.9. The van der Waals surface area contributed by atoms with Gasteiger partial charge in [-0.3, -0.25) is 42.3 Å². The summed E-state index contributed by atoms with van der Waals surface area (Å²) in [6.07, 6.45) is 8.02. The Morgan fingerprint density at radius 2 is 0.910 bits per heavy atom. The Hall–Kier alpha value is -9.89. The molecular formula is C63H63N9O14S3. The van der Waals surface area contributed by atoms with E-state index >= 15 is 0 Å². The fraction of sp³-hybridized carbons (Fsp3) is 0.270. The number of nitrogens with zero attached hydrogens (tertiary/aromatic N) is 8. The van der Waals surface area contributed by atoms with E-state index in [1.54, 1.807) is 81.8 Å². The van der Waals surface area contributed by atoms with Gasteiger partial charge >= 0.3 is 0 Å². The van der Waals surface area contributed by atoms with Crippen LogP contribution in [0.15, 0.2) is 104 Å². The minimum atomic E-state index is -3.60. The number of fused-ring (bicyclic) bond motifs is 6. The number of rotatable bonds is 16. The lowest BCUT2D eigenvalue weighted by atomic mass is 10.0. The highest BCUT2D eigenvalue weighted by atomic mass is 32.2. The molecule has 23 nitrogen and oxygen atoms in total. The van der Waals surface area contributed by atoms with Gasteiger partial charge in [-0.25, -0.2) is 25.3 Å². The molecule has 0 radical (unpaired) electrons. The van der Waals surface area contributed by atoms with E-state index in [0.717, 1.165) is 45.7 Å². The molecule has 0 bridgehead atoms. The molecule has 0 fully saturated rings. The summed E-state index contributed by atoms with van der Waals surface area (Å²) in [5.41, 5.74) is 6.43. The topological polar surface area (TPSA) is 278 Å². The lowest BCUT2D eigenvalue weighted by Gasteiger charge is -2.23. The molecule has 3 amide bonds. The summed E-state index contributed by atoms with van der Waals surface area (Å²) in [6, 6.07) is 25.2. The second-order valence-corrected chi connectivity index (χ2v) is 26.7. The average Bonchev–Trinajstić information content (AvgIpc) is 1.72. The number of hydrogen-bond acceptors (Lipinski definition) is 17. The molecule has 0 spiro atoms. The van der Waals surface area contributed by atoms with E-state index < -0.39 is 30.1 Å². The van der Waals surface area contributed by atoms with Crippen LogP contribution in [0.25, 0.3) is 32.7 Å². The zero-order chi connectivity index (χ0) is 64.3. The molecule has 6 heterocycles. The van der Waals surface area contributed by atoms with Crippen molar-refractivity contribution in [2.75, 3.05) is 80.1 Å². The maximum atomic E-state index is 13.5. The van der Waals surface area contributed by atoms with Crippen LogP contribution < -0.4 is 37.2 Å². The summed E-state index contributed by atoms with van der Waals surface area (Å²) in [6.45, 7) is 4.85. The van der Waals surface area contributed by atoms with Crippen molar-refractivity contribution >= 4 is 97.6 Å². The number of aromatic hydroxyl groups is 1. The highest BCUT2D eigenvalue weighted by Gasteiger charge is 2.39. The number of benzene rings is 5. The summed E-state index contributed by atoms with van der Waals surface area (Å²) in [4.78, 5) is 54.9. The molecule has 5 aromatic carbocycles. The third-order valence-electron chi connectivity index (χ3n) is 15.1. The molecule has 26 heteroatoms. The largest absolute Gasteiger partial charge is 0.505 e. The summed E-state index contributed by atoms with van der Waals surface area (Å²) < 4.78 is 99.9. The van der Waals surface area contributed by atoms with Gasteiger partial charge < -0.3 is 39.2 Å². The van der Waals surface area contributed by atoms with Gasteiger partial charge in [0, 0.05) is 92.2 Å². The van der Waals surface area contributed by atoms with Gasteiger partial charge in [0.15, 0.2) is 17.2 Å². The molecular weight excluding hydrogens is 1200 g/mol. The number of sulfonamides is 3. The van der Waals surface area contributed by atoms with Crippen LogP contribution in [0.5, 0.6) is 28.7 Å². The minimum absolute atomic E-state index is 0.0922. The maximum absolute atomic E-state index is 13.5. The van der Waals surface area contributed by atoms with Crippen LogP contribution in [0, 0.1) is 23.7 Å². The molecule has 89 heavy (non-hydrogen) atoms. The SMILES string of the molecule is CC#CCN1Cc2c(c(O)c3ncccc3c2N(C)S(C)(=O)=O)C1=O.CC#CCN1Cc2c(c(OCc3ccc(OC)cc3)c3ncccc3c2N(C)S(C)(=O)=O)C1=O.COc1ccc(COc2c3c(c(N(C)S(C)(=O)=O)c4cccnc24)CNC3=O)cc1. The van der Waals surface area contributed by atoms with Crippen molar-refractivity contribution in [1.29, 1.82) is 0 Å². The number of pyridine rings is 3. The van der Waals surface area contributed by atoms with Crippen LogP contribution in [0.1, 0.15) is 72.7 Å². The number of amides is 3. The summed E-state index contributed by atoms with van der Waals surface area (Å²) in [5.74, 6) is 12.2. The Morgan fingerprint density at radius 1 is 0.539 bits per heavy atom. The summed E-state index contributed by atoms with van der Waals surface area (Å²) in [5, 5.41) is 15.0. The van der Waals surface area contributed by atoms with Gasteiger partial charge in [0.2, 0.25) is 30.1 Å². The number of methoxy groups -OCH3 is 2. The third kappa shape index (κ3) is 12.8. The van der Waals surface area contributed by atoms with Crippen molar-refractivity contribution in [3.63, 3.8) is 0 Å². The first-order valence-electron chi connectivity index (χ1n) is 27.3. The van der Waals surface area contributed by atoms with Crippen LogP contribution in [0.3, 0.4) is 0 Å². The van der Waals surface area contributed by atoms with Crippen molar-refractivity contribution < 1.29 is 63.7 Å². The Kier molecular flexibility index (Phi) is 18.5. The third-order valence-corrected chi connectivity index (χ3v) is 18.6. The normalized spacial score (nSPS) is 13.1. The number of carbonyl (C=O) groups excluding carboxylic acids is 3. The zero-order valence-electron chi connectivity index (χ0n) is 50.3. The van der Waals surface area contributed by atoms with Crippen LogP contribution in [0.2, 0.25) is 0 Å². The first-order chi connectivity index (χ1) is 42.3. The van der Waals surface area contributed by atoms with Crippen molar-refractivity contribution in [1.82, 2.24) is 30.1 Å². The highest BCUT2D eigenvalue weighted by molar-refractivity contribution is 7.92. The van der Waals surface area contributed by atoms with Gasteiger partial charge in [0.25, 0.3) is 17.7 Å². The number of phenolic OH excluding ortho intramolecular Hbond substituents is 1. The summed E-state index contributed by atoms with van der Waals surface area (Å²) >= 11 is 0. The van der Waals surface area contributed by atoms with Crippen molar-refractivity contribution in [2.24, 2.45) is 0 Å². The van der Waals surface area contributed by atoms with E-state index in [4.69, 9.17) is 18.9 Å². The Bertz CT molecular complexity index is 4640. The van der Waals surface area contributed by atoms with Gasteiger partial charge in [-0.2, -0.15) is 0 Å². The number of carbonyl (C=O) groups is 3. The van der Waals surface area contributed by atoms with Gasteiger partial charge in [-0.05, 0) is 85.6 Å². The number of anilines is 3. The van der Waals surface area contributed by atoms with Crippen molar-refractivity contribution in [2.45, 2.75) is 46.7 Å². The molecule has 3 aliphatic heterocycles. The van der Waals surface area contributed by atoms with E-state index in [2.05, 4.69) is 44.0 Å². The maximum Gasteiger partial charge on any atom is 0.259 e. The van der Waals surface area contributed by atoms with E-state index in [0.29, 0.717) is 83.6 Å². The second-order valence-electron chi connectivity index (χ2n) is 20.6. The highest BCUT2D eigenvalue weighted by Crippen LogP contribution is 2.47. The molecule has 0 aliphatic carbocycles. The van der Waals surface area contributed by atoms with Crippen LogP contribution in [-0.4, -0.2) is 140 Å². The Morgan fingerprint density at radius 3 is 1.31 bits per heavy atom. The second kappa shape index (κ2) is 25.8. The van der Waals surface area contributed by atoms with Crippen molar-refractivity contribution in [3.8, 4) is 52.4 Å². The monoisotopic (exact) mass is 1270 g/mol. The predicted octanol–water partition coefficient (Wildman–Crippen LogP) is 6.97. The predicted molar refractivity (Wildman–Crippen MR) is 339 cm³/mol. The lowest BCUT2D eigenvalue weighted by Crippen LogP contribution is -2.27. The lowest BCUT2D eigenvalue weighted by molar-refractivity contribution is 0.0788. The molecule has 11 rings (SSSR count). The number of phenols is 1. The van der Waals surface area contributed by atoms with Crippen molar-refractivity contribution in [3.05, 3.63) is 148 Å². The van der Waals surface area contributed by atoms with Gasteiger partial charge in [0.1, 0.15) is 41.3 Å². The fourth-order valence-electron chi connectivity index (χ4n) is 10.4. The molecule has 3 aliphatic rings. The Balaban J connectivity index is 0.000000160. The van der Waals surface area contributed by atoms with Crippen LogP contribution in [0.4, 0.5) is 17.1 Å². The minimum Gasteiger partial charge on any atom is -0.505 e. The molecule has 0 atom stereocenters. The number of aromatic nitrogens is 3. The molecule has 462 valence electrons. The smallest absolute Gasteiger partial charge is 0.259 e. The van der Waals surface area contributed by atoms with Gasteiger partial charge in [-0.15, -0.1) is 11.8 Å². The molecule has 0 unspecified atom stereocenters. The fourth-order valence-corrected chi connectivity index (χ4v) is 12.1. The molecule has 0 saturated heterocycles. The average molecular weight is 1270 g/mol. The van der Waals surface area contributed by atoms with Gasteiger partial charge in [0.05, 0.1) is 79.8 Å². The zero-order valence-corrected chi connectivity index (χ0v) is 52.8.